The van der Waals surface area contributed by atoms with Crippen LogP contribution in [0.25, 0.3) is 0 Å². The van der Waals surface area contributed by atoms with Crippen molar-refractivity contribution in [3.63, 3.8) is 0 Å². The second-order valence-corrected chi connectivity index (χ2v) is 3.67. The molecular weight excluding hydrogens is 280 g/mol. The average Bonchev–Trinajstić information content (AvgIpc) is 2.33. The van der Waals surface area contributed by atoms with Crippen LogP contribution in [0, 0.1) is 0 Å². The Morgan fingerprint density at radius 3 is 2.40 bits per heavy atom. The Hall–Kier alpha value is -0.620. The summed E-state index contributed by atoms with van der Waals surface area (Å²) < 4.78 is 55.8. The van der Waals surface area contributed by atoms with Crippen molar-refractivity contribution in [2.75, 3.05) is 0 Å². The van der Waals surface area contributed by atoms with Gasteiger partial charge < -0.3 is 0 Å². The van der Waals surface area contributed by atoms with Crippen LogP contribution in [0.1, 0.15) is 16.7 Å². The van der Waals surface area contributed by atoms with Crippen LogP contribution in [0.4, 0.5) is 17.6 Å². The monoisotopic (exact) mass is 284 g/mol. The summed E-state index contributed by atoms with van der Waals surface area (Å²) in [4.78, 5) is 0. The van der Waals surface area contributed by atoms with E-state index in [9.17, 15) is 17.6 Å². The Bertz CT molecular complexity index is 405. The number of hydrogen-bond acceptors (Lipinski definition) is 1. The van der Waals surface area contributed by atoms with Crippen molar-refractivity contribution in [2.24, 2.45) is 0 Å². The van der Waals surface area contributed by atoms with Gasteiger partial charge >= 0.3 is 12.2 Å². The third-order valence-electron chi connectivity index (χ3n) is 2.16. The first-order chi connectivity index (χ1) is 6.88. The zero-order valence-corrected chi connectivity index (χ0v) is 8.82. The molecule has 82 valence electrons. The Morgan fingerprint density at radius 2 is 1.80 bits per heavy atom. The van der Waals surface area contributed by atoms with Gasteiger partial charge in [-0.05, 0) is 11.6 Å². The lowest BCUT2D eigenvalue weighted by Crippen LogP contribution is -2.18. The van der Waals surface area contributed by atoms with Gasteiger partial charge in [0.1, 0.15) is 0 Å². The average molecular weight is 285 g/mol. The molecule has 0 amide bonds. The van der Waals surface area contributed by atoms with Crippen molar-refractivity contribution in [1.82, 2.24) is 0 Å². The van der Waals surface area contributed by atoms with Gasteiger partial charge in [-0.1, -0.05) is 28.1 Å². The van der Waals surface area contributed by atoms with Crippen molar-refractivity contribution in [1.29, 1.82) is 0 Å². The molecule has 1 nitrogen and oxygen atoms in total. The molecule has 0 saturated heterocycles. The maximum absolute atomic E-state index is 13.2. The molecule has 0 fully saturated rings. The predicted octanol–water partition coefficient (Wildman–Crippen LogP) is 3.71. The molecule has 2 rings (SSSR count). The van der Waals surface area contributed by atoms with Gasteiger partial charge in [-0.2, -0.15) is 17.6 Å². The number of rotatable bonds is 1. The lowest BCUT2D eigenvalue weighted by atomic mass is 10.0. The van der Waals surface area contributed by atoms with Crippen LogP contribution in [0.2, 0.25) is 0 Å². The molecular formula is C9H5BrF4O. The van der Waals surface area contributed by atoms with Crippen molar-refractivity contribution >= 4 is 15.9 Å². The SMILES string of the molecule is FC1(F)OC(F)(F)c2c(CBr)cccc21. The van der Waals surface area contributed by atoms with E-state index in [1.54, 1.807) is 0 Å². The quantitative estimate of drug-likeness (QED) is 0.564. The molecule has 0 atom stereocenters. The van der Waals surface area contributed by atoms with Crippen LogP contribution >= 0.6 is 15.9 Å². The summed E-state index contributed by atoms with van der Waals surface area (Å²) >= 11 is 2.97. The van der Waals surface area contributed by atoms with Gasteiger partial charge in [0.15, 0.2) is 0 Å². The normalized spacial score (nSPS) is 21.4. The number of fused-ring (bicyclic) bond motifs is 1. The molecule has 0 unspecified atom stereocenters. The molecule has 6 heteroatoms. The Morgan fingerprint density at radius 1 is 1.13 bits per heavy atom. The van der Waals surface area contributed by atoms with E-state index in [2.05, 4.69) is 20.7 Å². The standard InChI is InChI=1S/C9H5BrF4O/c10-4-5-2-1-3-6-7(5)9(13,14)15-8(6,11)12/h1-3H,4H2. The van der Waals surface area contributed by atoms with E-state index >= 15 is 0 Å². The highest BCUT2D eigenvalue weighted by atomic mass is 79.9. The molecule has 0 bridgehead atoms. The van der Waals surface area contributed by atoms with Crippen molar-refractivity contribution in [3.05, 3.63) is 34.9 Å². The minimum atomic E-state index is -3.93. The van der Waals surface area contributed by atoms with Gasteiger partial charge in [0.2, 0.25) is 0 Å². The number of ether oxygens (including phenoxy) is 1. The minimum absolute atomic E-state index is 0.0746. The third-order valence-corrected chi connectivity index (χ3v) is 2.76. The molecule has 1 aromatic rings. The molecule has 15 heavy (non-hydrogen) atoms. The van der Waals surface area contributed by atoms with Gasteiger partial charge in [-0.3, -0.25) is 0 Å². The Kier molecular flexibility index (Phi) is 2.31. The highest BCUT2D eigenvalue weighted by molar-refractivity contribution is 9.08. The van der Waals surface area contributed by atoms with E-state index in [0.29, 0.717) is 0 Å². The fourth-order valence-electron chi connectivity index (χ4n) is 1.56. The van der Waals surface area contributed by atoms with Gasteiger partial charge in [0.05, 0.1) is 11.1 Å². The van der Waals surface area contributed by atoms with Gasteiger partial charge in [0, 0.05) is 5.33 Å². The second-order valence-electron chi connectivity index (χ2n) is 3.11. The fourth-order valence-corrected chi connectivity index (χ4v) is 2.03. The maximum atomic E-state index is 13.2. The van der Waals surface area contributed by atoms with Crippen LogP contribution in [0.3, 0.4) is 0 Å². The smallest absolute Gasteiger partial charge is 0.247 e. The highest BCUT2D eigenvalue weighted by Gasteiger charge is 2.58. The van der Waals surface area contributed by atoms with Gasteiger partial charge in [-0.25, -0.2) is 4.74 Å². The number of benzene rings is 1. The zero-order valence-electron chi connectivity index (χ0n) is 7.24. The second kappa shape index (κ2) is 3.18. The molecule has 0 saturated carbocycles. The van der Waals surface area contributed by atoms with E-state index in [-0.39, 0.29) is 10.9 Å². The van der Waals surface area contributed by atoms with E-state index in [4.69, 9.17) is 0 Å². The Labute approximate surface area is 91.2 Å². The van der Waals surface area contributed by atoms with Crippen LogP contribution in [-0.2, 0) is 22.3 Å². The minimum Gasteiger partial charge on any atom is -0.247 e. The van der Waals surface area contributed by atoms with Gasteiger partial charge in [0.25, 0.3) is 0 Å². The summed E-state index contributed by atoms with van der Waals surface area (Å²) in [5.74, 6) is 0. The molecule has 1 aromatic carbocycles. The molecule has 1 aliphatic heterocycles. The van der Waals surface area contributed by atoms with E-state index in [1.165, 1.54) is 12.1 Å². The lowest BCUT2D eigenvalue weighted by Gasteiger charge is -2.11. The number of alkyl halides is 5. The summed E-state index contributed by atoms with van der Waals surface area (Å²) in [5.41, 5.74) is -1.38. The maximum Gasteiger partial charge on any atom is 0.388 e. The van der Waals surface area contributed by atoms with Crippen molar-refractivity contribution < 1.29 is 22.3 Å². The first kappa shape index (κ1) is 10.9. The molecule has 1 aliphatic rings. The first-order valence-electron chi connectivity index (χ1n) is 4.03. The van der Waals surface area contributed by atoms with E-state index in [0.717, 1.165) is 6.07 Å². The van der Waals surface area contributed by atoms with Crippen LogP contribution in [0.15, 0.2) is 18.2 Å². The largest absolute Gasteiger partial charge is 0.388 e. The molecule has 0 aromatic heterocycles. The molecule has 0 aliphatic carbocycles. The topological polar surface area (TPSA) is 9.23 Å². The van der Waals surface area contributed by atoms with E-state index in [1.807, 2.05) is 0 Å². The van der Waals surface area contributed by atoms with Crippen LogP contribution in [-0.4, -0.2) is 0 Å². The number of hydrogen-bond donors (Lipinski definition) is 0. The highest BCUT2D eigenvalue weighted by Crippen LogP contribution is 2.52. The summed E-state index contributed by atoms with van der Waals surface area (Å²) in [6.07, 6.45) is -7.85. The lowest BCUT2D eigenvalue weighted by molar-refractivity contribution is -0.369. The summed E-state index contributed by atoms with van der Waals surface area (Å²) in [7, 11) is 0. The van der Waals surface area contributed by atoms with Gasteiger partial charge in [-0.15, -0.1) is 0 Å². The molecule has 0 N–H and O–H groups in total. The number of halogens is 5. The van der Waals surface area contributed by atoms with Crippen LogP contribution in [0.5, 0.6) is 0 Å². The predicted molar refractivity (Wildman–Crippen MR) is 47.9 cm³/mol. The summed E-state index contributed by atoms with van der Waals surface area (Å²) in [6.45, 7) is 0. The van der Waals surface area contributed by atoms with Crippen molar-refractivity contribution in [2.45, 2.75) is 17.5 Å². The Balaban J connectivity index is 2.70. The summed E-state index contributed by atoms with van der Waals surface area (Å²) in [6, 6.07) is 3.60. The molecule has 1 heterocycles. The fraction of sp³-hybridized carbons (Fsp3) is 0.333. The molecule has 0 radical (unpaired) electrons. The first-order valence-corrected chi connectivity index (χ1v) is 5.15. The zero-order chi connectivity index (χ0) is 11.3. The van der Waals surface area contributed by atoms with E-state index < -0.39 is 23.3 Å². The van der Waals surface area contributed by atoms with Crippen molar-refractivity contribution in [3.8, 4) is 0 Å². The van der Waals surface area contributed by atoms with Crippen LogP contribution < -0.4 is 0 Å². The third kappa shape index (κ3) is 1.56. The molecule has 0 spiro atoms. The summed E-state index contributed by atoms with van der Waals surface area (Å²) in [5, 5.41) is 0.0746.